The van der Waals surface area contributed by atoms with Gasteiger partial charge < -0.3 is 4.74 Å². The van der Waals surface area contributed by atoms with Gasteiger partial charge in [0.2, 0.25) is 10.0 Å². The third-order valence-electron chi connectivity index (χ3n) is 3.61. The van der Waals surface area contributed by atoms with E-state index < -0.39 is 10.0 Å². The maximum Gasteiger partial charge on any atom is 0.240 e. The molecule has 0 saturated heterocycles. The largest absolute Gasteiger partial charge is 0.497 e. The first kappa shape index (κ1) is 16.5. The minimum atomic E-state index is -3.47. The molecular weight excluding hydrogens is 298 g/mol. The Labute approximate surface area is 132 Å². The summed E-state index contributed by atoms with van der Waals surface area (Å²) in [6.45, 7) is 2.50. The Morgan fingerprint density at radius 1 is 1.05 bits per heavy atom. The number of sulfonamides is 1. The Bertz CT molecular complexity index is 682. The second-order valence-electron chi connectivity index (χ2n) is 5.17. The molecule has 0 aliphatic heterocycles. The molecule has 1 atom stereocenters. The van der Waals surface area contributed by atoms with E-state index in [4.69, 9.17) is 4.74 Å². The lowest BCUT2D eigenvalue weighted by atomic mass is 9.98. The molecule has 0 aliphatic carbocycles. The van der Waals surface area contributed by atoms with Crippen LogP contribution in [0.1, 0.15) is 24.8 Å². The topological polar surface area (TPSA) is 55.4 Å². The molecule has 0 fully saturated rings. The average molecular weight is 319 g/mol. The van der Waals surface area contributed by atoms with E-state index in [2.05, 4.69) is 23.8 Å². The van der Waals surface area contributed by atoms with E-state index in [1.165, 1.54) is 5.56 Å². The first-order valence-corrected chi connectivity index (χ1v) is 8.70. The van der Waals surface area contributed by atoms with E-state index in [1.54, 1.807) is 31.4 Å². The zero-order chi connectivity index (χ0) is 16.0. The predicted octanol–water partition coefficient (Wildman–Crippen LogP) is 3.17. The van der Waals surface area contributed by atoms with Crippen molar-refractivity contribution in [2.45, 2.75) is 24.2 Å². The Hall–Kier alpha value is -1.85. The van der Waals surface area contributed by atoms with Crippen molar-refractivity contribution in [2.75, 3.05) is 13.7 Å². The molecule has 1 unspecified atom stereocenters. The molecule has 0 spiro atoms. The van der Waals surface area contributed by atoms with Crippen molar-refractivity contribution < 1.29 is 13.2 Å². The predicted molar refractivity (Wildman–Crippen MR) is 87.7 cm³/mol. The maximum absolute atomic E-state index is 12.2. The van der Waals surface area contributed by atoms with Crippen molar-refractivity contribution in [3.63, 3.8) is 0 Å². The van der Waals surface area contributed by atoms with E-state index in [1.807, 2.05) is 18.2 Å². The molecule has 0 amide bonds. The van der Waals surface area contributed by atoms with E-state index in [-0.39, 0.29) is 4.90 Å². The second-order valence-corrected chi connectivity index (χ2v) is 6.94. The summed E-state index contributed by atoms with van der Waals surface area (Å²) in [5.41, 5.74) is 1.21. The number of methoxy groups -OCH3 is 1. The summed E-state index contributed by atoms with van der Waals surface area (Å²) in [6, 6.07) is 16.4. The number of hydrogen-bond acceptors (Lipinski definition) is 3. The highest BCUT2D eigenvalue weighted by molar-refractivity contribution is 7.89. The fourth-order valence-corrected chi connectivity index (χ4v) is 3.24. The summed E-state index contributed by atoms with van der Waals surface area (Å²) in [5.74, 6) is 0.941. The number of hydrogen-bond donors (Lipinski definition) is 1. The standard InChI is InChI=1S/C17H21NO3S/c1-14(15-6-4-3-5-7-15)12-13-18-22(19,20)17-10-8-16(21-2)9-11-17/h3-11,14,18H,12-13H2,1-2H3. The van der Waals surface area contributed by atoms with Gasteiger partial charge in [0.15, 0.2) is 0 Å². The molecule has 22 heavy (non-hydrogen) atoms. The summed E-state index contributed by atoms with van der Waals surface area (Å²) >= 11 is 0. The number of rotatable bonds is 7. The van der Waals surface area contributed by atoms with E-state index in [9.17, 15) is 8.42 Å². The summed E-state index contributed by atoms with van der Waals surface area (Å²) in [6.07, 6.45) is 0.749. The summed E-state index contributed by atoms with van der Waals surface area (Å²) in [4.78, 5) is 0.251. The van der Waals surface area contributed by atoms with Crippen LogP contribution in [0.25, 0.3) is 0 Å². The molecule has 0 bridgehead atoms. The molecule has 2 aromatic carbocycles. The van der Waals surface area contributed by atoms with E-state index in [0.717, 1.165) is 6.42 Å². The molecule has 0 aliphatic rings. The van der Waals surface area contributed by atoms with Crippen LogP contribution in [0.5, 0.6) is 5.75 Å². The Balaban J connectivity index is 1.92. The van der Waals surface area contributed by atoms with Crippen LogP contribution in [-0.4, -0.2) is 22.1 Å². The lowest BCUT2D eigenvalue weighted by Crippen LogP contribution is -2.25. The Morgan fingerprint density at radius 3 is 2.27 bits per heavy atom. The molecule has 0 radical (unpaired) electrons. The van der Waals surface area contributed by atoms with Crippen molar-refractivity contribution in [2.24, 2.45) is 0 Å². The second kappa shape index (κ2) is 7.42. The van der Waals surface area contributed by atoms with Crippen LogP contribution in [-0.2, 0) is 10.0 Å². The van der Waals surface area contributed by atoms with Gasteiger partial charge in [0.25, 0.3) is 0 Å². The van der Waals surface area contributed by atoms with Crippen molar-refractivity contribution in [1.29, 1.82) is 0 Å². The third kappa shape index (κ3) is 4.32. The Kier molecular flexibility index (Phi) is 5.57. The molecular formula is C17H21NO3S. The van der Waals surface area contributed by atoms with Gasteiger partial charge in [-0.3, -0.25) is 0 Å². The minimum Gasteiger partial charge on any atom is -0.497 e. The molecule has 1 N–H and O–H groups in total. The monoisotopic (exact) mass is 319 g/mol. The van der Waals surface area contributed by atoms with Crippen LogP contribution in [0, 0.1) is 0 Å². The van der Waals surface area contributed by atoms with Crippen molar-refractivity contribution in [3.05, 3.63) is 60.2 Å². The molecule has 0 heterocycles. The highest BCUT2D eigenvalue weighted by atomic mass is 32.2. The molecule has 118 valence electrons. The highest BCUT2D eigenvalue weighted by Crippen LogP contribution is 2.19. The van der Waals surface area contributed by atoms with E-state index in [0.29, 0.717) is 18.2 Å². The Morgan fingerprint density at radius 2 is 1.68 bits per heavy atom. The SMILES string of the molecule is COc1ccc(S(=O)(=O)NCCC(C)c2ccccc2)cc1. The lowest BCUT2D eigenvalue weighted by molar-refractivity contribution is 0.414. The van der Waals surface area contributed by atoms with Gasteiger partial charge in [0.1, 0.15) is 5.75 Å². The van der Waals surface area contributed by atoms with Crippen molar-refractivity contribution >= 4 is 10.0 Å². The minimum absolute atomic E-state index is 0.251. The maximum atomic E-state index is 12.2. The molecule has 5 heteroatoms. The fourth-order valence-electron chi connectivity index (χ4n) is 2.20. The van der Waals surface area contributed by atoms with Crippen LogP contribution in [0.3, 0.4) is 0 Å². The van der Waals surface area contributed by atoms with Gasteiger partial charge >= 0.3 is 0 Å². The fraction of sp³-hybridized carbons (Fsp3) is 0.294. The lowest BCUT2D eigenvalue weighted by Gasteiger charge is -2.13. The smallest absolute Gasteiger partial charge is 0.240 e. The number of nitrogens with one attached hydrogen (secondary N) is 1. The first-order chi connectivity index (χ1) is 10.5. The zero-order valence-electron chi connectivity index (χ0n) is 12.8. The van der Waals surface area contributed by atoms with Gasteiger partial charge in [0, 0.05) is 6.54 Å². The van der Waals surface area contributed by atoms with Gasteiger partial charge in [-0.1, -0.05) is 37.3 Å². The summed E-state index contributed by atoms with van der Waals surface area (Å²) < 4.78 is 32.1. The van der Waals surface area contributed by atoms with Crippen molar-refractivity contribution in [3.8, 4) is 5.75 Å². The van der Waals surface area contributed by atoms with Crippen LogP contribution in [0.2, 0.25) is 0 Å². The number of benzene rings is 2. The van der Waals surface area contributed by atoms with Gasteiger partial charge in [-0.2, -0.15) is 0 Å². The van der Waals surface area contributed by atoms with Gasteiger partial charge in [-0.25, -0.2) is 13.1 Å². The van der Waals surface area contributed by atoms with Crippen LogP contribution in [0.15, 0.2) is 59.5 Å². The molecule has 0 aromatic heterocycles. The zero-order valence-corrected chi connectivity index (χ0v) is 13.6. The summed E-state index contributed by atoms with van der Waals surface area (Å²) in [7, 11) is -1.92. The van der Waals surface area contributed by atoms with Crippen LogP contribution in [0.4, 0.5) is 0 Å². The molecule has 2 aromatic rings. The third-order valence-corrected chi connectivity index (χ3v) is 5.08. The molecule has 2 rings (SSSR count). The normalized spacial score (nSPS) is 12.8. The van der Waals surface area contributed by atoms with Gasteiger partial charge in [-0.05, 0) is 42.2 Å². The molecule has 0 saturated carbocycles. The first-order valence-electron chi connectivity index (χ1n) is 7.21. The van der Waals surface area contributed by atoms with Crippen molar-refractivity contribution in [1.82, 2.24) is 4.72 Å². The molecule has 4 nitrogen and oxygen atoms in total. The summed E-state index contributed by atoms with van der Waals surface area (Å²) in [5, 5.41) is 0. The highest BCUT2D eigenvalue weighted by Gasteiger charge is 2.14. The van der Waals surface area contributed by atoms with Crippen LogP contribution < -0.4 is 9.46 Å². The average Bonchev–Trinajstić information content (AvgIpc) is 2.55. The van der Waals surface area contributed by atoms with E-state index >= 15 is 0 Å². The van der Waals surface area contributed by atoms with Gasteiger partial charge in [-0.15, -0.1) is 0 Å². The number of ether oxygens (including phenoxy) is 1. The van der Waals surface area contributed by atoms with Gasteiger partial charge in [0.05, 0.1) is 12.0 Å². The van der Waals surface area contributed by atoms with Crippen LogP contribution >= 0.6 is 0 Å². The quantitative estimate of drug-likeness (QED) is 0.853.